The Morgan fingerprint density at radius 3 is 2.91 bits per heavy atom. The molecule has 0 aromatic carbocycles. The van der Waals surface area contributed by atoms with E-state index < -0.39 is 23.6 Å². The van der Waals surface area contributed by atoms with E-state index in [4.69, 9.17) is 4.74 Å². The van der Waals surface area contributed by atoms with Crippen molar-refractivity contribution < 1.29 is 14.6 Å². The Labute approximate surface area is 127 Å². The Hall–Kier alpha value is -1.93. The summed E-state index contributed by atoms with van der Waals surface area (Å²) in [5.74, 6) is -0.111. The van der Waals surface area contributed by atoms with E-state index >= 15 is 0 Å². The van der Waals surface area contributed by atoms with E-state index in [1.165, 1.54) is 10.8 Å². The summed E-state index contributed by atoms with van der Waals surface area (Å²) < 4.78 is 6.92. The number of nitrogens with zero attached hydrogens (tertiary/aromatic N) is 1. The van der Waals surface area contributed by atoms with Gasteiger partial charge in [-0.05, 0) is 13.3 Å². The van der Waals surface area contributed by atoms with E-state index in [0.29, 0.717) is 18.4 Å². The van der Waals surface area contributed by atoms with Gasteiger partial charge in [0.1, 0.15) is 12.3 Å². The van der Waals surface area contributed by atoms with E-state index in [9.17, 15) is 19.5 Å². The molecule has 0 radical (unpaired) electrons. The molecular weight excluding hydrogens is 290 g/mol. The predicted molar refractivity (Wildman–Crippen MR) is 78.5 cm³/mol. The molecule has 0 aliphatic carbocycles. The van der Waals surface area contributed by atoms with Crippen molar-refractivity contribution in [1.82, 2.24) is 14.9 Å². The minimum Gasteiger partial charge on any atom is -0.394 e. The number of hydrogen-bond acceptors (Lipinski definition) is 5. The molecule has 2 heterocycles. The first-order valence-corrected chi connectivity index (χ1v) is 7.34. The summed E-state index contributed by atoms with van der Waals surface area (Å²) in [6, 6.07) is -0.367. The molecular formula is C14H21N3O5. The number of rotatable bonds is 5. The third-order valence-electron chi connectivity index (χ3n) is 3.70. The first-order chi connectivity index (χ1) is 10.5. The van der Waals surface area contributed by atoms with E-state index in [0.717, 1.165) is 6.42 Å². The summed E-state index contributed by atoms with van der Waals surface area (Å²) in [7, 11) is 0. The smallest absolute Gasteiger partial charge is 0.330 e. The monoisotopic (exact) mass is 311 g/mol. The fraction of sp³-hybridized carbons (Fsp3) is 0.643. The summed E-state index contributed by atoms with van der Waals surface area (Å²) in [4.78, 5) is 37.2. The van der Waals surface area contributed by atoms with Crippen LogP contribution < -0.4 is 16.6 Å². The maximum atomic E-state index is 11.9. The molecule has 3 atom stereocenters. The molecule has 1 aromatic rings. The number of aromatic amines is 1. The fourth-order valence-corrected chi connectivity index (χ4v) is 2.53. The Morgan fingerprint density at radius 2 is 2.27 bits per heavy atom. The molecule has 0 bridgehead atoms. The molecule has 122 valence electrons. The lowest BCUT2D eigenvalue weighted by Gasteiger charge is -2.17. The van der Waals surface area contributed by atoms with Crippen molar-refractivity contribution >= 4 is 5.91 Å². The molecule has 3 N–H and O–H groups in total. The van der Waals surface area contributed by atoms with E-state index in [1.807, 2.05) is 6.92 Å². The lowest BCUT2D eigenvalue weighted by Crippen LogP contribution is -2.41. The number of carbonyl (C=O) groups excluding carboxylic acids is 1. The highest BCUT2D eigenvalue weighted by atomic mass is 16.5. The van der Waals surface area contributed by atoms with Gasteiger partial charge in [0.2, 0.25) is 5.91 Å². The minimum absolute atomic E-state index is 0.111. The molecule has 0 spiro atoms. The van der Waals surface area contributed by atoms with Crippen LogP contribution in [0, 0.1) is 6.92 Å². The molecule has 1 saturated heterocycles. The molecule has 1 amide bonds. The van der Waals surface area contributed by atoms with Gasteiger partial charge in [-0.3, -0.25) is 19.1 Å². The number of hydrogen-bond donors (Lipinski definition) is 3. The van der Waals surface area contributed by atoms with Gasteiger partial charge < -0.3 is 15.2 Å². The molecule has 8 heteroatoms. The van der Waals surface area contributed by atoms with Gasteiger partial charge in [0.15, 0.2) is 0 Å². The number of nitrogens with one attached hydrogen (secondary N) is 2. The maximum absolute atomic E-state index is 11.9. The Kier molecular flexibility index (Phi) is 5.15. The first-order valence-electron chi connectivity index (χ1n) is 7.34. The predicted octanol–water partition coefficient (Wildman–Crippen LogP) is -0.590. The second-order valence-corrected chi connectivity index (χ2v) is 5.45. The lowest BCUT2D eigenvalue weighted by atomic mass is 10.1. The van der Waals surface area contributed by atoms with Crippen molar-refractivity contribution in [3.63, 3.8) is 0 Å². The quantitative estimate of drug-likeness (QED) is 0.672. The van der Waals surface area contributed by atoms with Gasteiger partial charge in [0, 0.05) is 24.6 Å². The number of aliphatic hydroxyl groups is 1. The van der Waals surface area contributed by atoms with Crippen LogP contribution in [0.4, 0.5) is 0 Å². The average Bonchev–Trinajstić information content (AvgIpc) is 2.85. The van der Waals surface area contributed by atoms with Gasteiger partial charge in [-0.1, -0.05) is 6.92 Å². The number of aryl methyl sites for hydroxylation is 1. The molecule has 1 aliphatic rings. The molecule has 1 fully saturated rings. The van der Waals surface area contributed by atoms with Crippen molar-refractivity contribution in [2.75, 3.05) is 6.61 Å². The average molecular weight is 311 g/mol. The largest absolute Gasteiger partial charge is 0.394 e. The second kappa shape index (κ2) is 6.89. The summed E-state index contributed by atoms with van der Waals surface area (Å²) in [6.45, 7) is 3.23. The van der Waals surface area contributed by atoms with Gasteiger partial charge in [-0.15, -0.1) is 0 Å². The van der Waals surface area contributed by atoms with Crippen LogP contribution in [0.1, 0.15) is 38.0 Å². The Morgan fingerprint density at radius 1 is 1.55 bits per heavy atom. The number of ether oxygens (including phenoxy) is 1. The van der Waals surface area contributed by atoms with E-state index in [-0.39, 0.29) is 18.6 Å². The highest BCUT2D eigenvalue weighted by Crippen LogP contribution is 2.27. The topological polar surface area (TPSA) is 113 Å². The highest BCUT2D eigenvalue weighted by molar-refractivity contribution is 5.76. The summed E-state index contributed by atoms with van der Waals surface area (Å²) >= 11 is 0. The molecule has 1 aromatic heterocycles. The fourth-order valence-electron chi connectivity index (χ4n) is 2.53. The summed E-state index contributed by atoms with van der Waals surface area (Å²) in [6.07, 6.45) is 1.70. The second-order valence-electron chi connectivity index (χ2n) is 5.45. The first kappa shape index (κ1) is 16.4. The van der Waals surface area contributed by atoms with Crippen molar-refractivity contribution in [1.29, 1.82) is 0 Å². The third-order valence-corrected chi connectivity index (χ3v) is 3.70. The Balaban J connectivity index is 2.18. The van der Waals surface area contributed by atoms with Gasteiger partial charge in [-0.2, -0.15) is 0 Å². The highest BCUT2D eigenvalue weighted by Gasteiger charge is 2.37. The van der Waals surface area contributed by atoms with Crippen molar-refractivity contribution in [2.45, 2.75) is 51.5 Å². The van der Waals surface area contributed by atoms with Crippen LogP contribution in [-0.2, 0) is 9.53 Å². The zero-order valence-corrected chi connectivity index (χ0v) is 12.7. The van der Waals surface area contributed by atoms with Gasteiger partial charge in [0.25, 0.3) is 5.56 Å². The number of carbonyl (C=O) groups is 1. The minimum atomic E-state index is -0.632. The van der Waals surface area contributed by atoms with Crippen LogP contribution in [0.3, 0.4) is 0 Å². The van der Waals surface area contributed by atoms with Crippen LogP contribution in [0.5, 0.6) is 0 Å². The SMILES string of the molecule is CCCC(=O)N[C@H]1C[C@H](n2cc(C)c(=O)[nH]c2=O)O[C@@H]1CO. The van der Waals surface area contributed by atoms with E-state index in [1.54, 1.807) is 6.92 Å². The molecule has 0 saturated carbocycles. The summed E-state index contributed by atoms with van der Waals surface area (Å²) in [5.41, 5.74) is -0.620. The standard InChI is InChI=1S/C14H21N3O5/c1-3-4-11(19)15-9-5-12(22-10(9)7-18)17-6-8(2)13(20)16-14(17)21/h6,9-10,12,18H,3-5,7H2,1-2H3,(H,15,19)(H,16,20,21)/t9-,10+,12+/m0/s1. The summed E-state index contributed by atoms with van der Waals surface area (Å²) in [5, 5.41) is 12.2. The van der Waals surface area contributed by atoms with Crippen LogP contribution in [0.25, 0.3) is 0 Å². The molecule has 1 aliphatic heterocycles. The molecule has 0 unspecified atom stereocenters. The number of amides is 1. The lowest BCUT2D eigenvalue weighted by molar-refractivity contribution is -0.122. The molecule has 2 rings (SSSR count). The van der Waals surface area contributed by atoms with Crippen LogP contribution in [0.15, 0.2) is 15.8 Å². The van der Waals surface area contributed by atoms with Crippen molar-refractivity contribution in [3.05, 3.63) is 32.6 Å². The molecule has 22 heavy (non-hydrogen) atoms. The van der Waals surface area contributed by atoms with Crippen molar-refractivity contribution in [2.24, 2.45) is 0 Å². The van der Waals surface area contributed by atoms with Gasteiger partial charge in [-0.25, -0.2) is 4.79 Å². The third kappa shape index (κ3) is 3.45. The molecule has 8 nitrogen and oxygen atoms in total. The van der Waals surface area contributed by atoms with Crippen LogP contribution >= 0.6 is 0 Å². The van der Waals surface area contributed by atoms with Crippen molar-refractivity contribution in [3.8, 4) is 0 Å². The van der Waals surface area contributed by atoms with Crippen LogP contribution in [0.2, 0.25) is 0 Å². The van der Waals surface area contributed by atoms with Crippen LogP contribution in [-0.4, -0.2) is 39.3 Å². The number of H-pyrrole nitrogens is 1. The zero-order chi connectivity index (χ0) is 16.3. The number of aromatic nitrogens is 2. The number of aliphatic hydroxyl groups excluding tert-OH is 1. The maximum Gasteiger partial charge on any atom is 0.330 e. The van der Waals surface area contributed by atoms with E-state index in [2.05, 4.69) is 10.3 Å². The van der Waals surface area contributed by atoms with Gasteiger partial charge >= 0.3 is 5.69 Å². The zero-order valence-electron chi connectivity index (χ0n) is 12.7. The Bertz CT molecular complexity index is 651. The normalized spacial score (nSPS) is 24.4. The van der Waals surface area contributed by atoms with Gasteiger partial charge in [0.05, 0.1) is 12.6 Å².